The molecule has 2 atom stereocenters. The van der Waals surface area contributed by atoms with Crippen LogP contribution in [0.1, 0.15) is 36.7 Å². The summed E-state index contributed by atoms with van der Waals surface area (Å²) in [6.07, 6.45) is 6.55. The lowest BCUT2D eigenvalue weighted by molar-refractivity contribution is -0.137. The van der Waals surface area contributed by atoms with Gasteiger partial charge in [-0.05, 0) is 46.8 Å². The van der Waals surface area contributed by atoms with Crippen LogP contribution in [0.5, 0.6) is 0 Å². The maximum absolute atomic E-state index is 12.7. The number of likely N-dealkylation sites (tertiary alicyclic amines) is 1. The molecule has 2 aromatic heterocycles. The molecule has 3 heterocycles. The van der Waals surface area contributed by atoms with Gasteiger partial charge >= 0.3 is 0 Å². The van der Waals surface area contributed by atoms with Crippen molar-refractivity contribution in [2.24, 2.45) is 11.8 Å². The van der Waals surface area contributed by atoms with E-state index in [0.717, 1.165) is 29.1 Å². The Balaban J connectivity index is 1.46. The molecule has 136 valence electrons. The number of amides is 2. The second-order valence-corrected chi connectivity index (χ2v) is 8.17. The van der Waals surface area contributed by atoms with Gasteiger partial charge in [-0.25, -0.2) is 4.98 Å². The summed E-state index contributed by atoms with van der Waals surface area (Å²) >= 11 is 3.43. The van der Waals surface area contributed by atoms with Gasteiger partial charge < -0.3 is 10.2 Å². The first-order chi connectivity index (χ1) is 12.5. The average molecular weight is 417 g/mol. The monoisotopic (exact) mass is 416 g/mol. The molecule has 2 fully saturated rings. The standard InChI is InChI=1S/C19H21BrN4O2/c1-11-9-24(19(26)12-3-2-4-12)10-16(11)23-18(25)15-6-5-13-7-21-8-14(20)17(13)22-15/h5-8,11-12,16H,2-4,9-10H2,1H3,(H,23,25)/t11-,16+/m1/s1. The summed E-state index contributed by atoms with van der Waals surface area (Å²) in [5.74, 6) is 0.481. The number of nitrogens with zero attached hydrogens (tertiary/aromatic N) is 3. The number of carbonyl (C=O) groups excluding carboxylic acids is 2. The van der Waals surface area contributed by atoms with Gasteiger partial charge in [0.25, 0.3) is 5.91 Å². The molecule has 7 heteroatoms. The van der Waals surface area contributed by atoms with Crippen LogP contribution in [0.2, 0.25) is 0 Å². The van der Waals surface area contributed by atoms with E-state index in [1.807, 2.05) is 11.0 Å². The number of halogens is 1. The van der Waals surface area contributed by atoms with E-state index in [-0.39, 0.29) is 29.7 Å². The zero-order chi connectivity index (χ0) is 18.3. The minimum atomic E-state index is -0.203. The normalized spacial score (nSPS) is 23.1. The van der Waals surface area contributed by atoms with Gasteiger partial charge in [-0.15, -0.1) is 0 Å². The van der Waals surface area contributed by atoms with Crippen molar-refractivity contribution < 1.29 is 9.59 Å². The second kappa shape index (κ2) is 6.95. The van der Waals surface area contributed by atoms with E-state index in [9.17, 15) is 9.59 Å². The van der Waals surface area contributed by atoms with E-state index >= 15 is 0 Å². The molecular weight excluding hydrogens is 396 g/mol. The minimum absolute atomic E-state index is 0.0371. The maximum Gasteiger partial charge on any atom is 0.270 e. The van der Waals surface area contributed by atoms with Crippen LogP contribution in [0.3, 0.4) is 0 Å². The first-order valence-corrected chi connectivity index (χ1v) is 9.82. The van der Waals surface area contributed by atoms with E-state index in [0.29, 0.717) is 24.3 Å². The third-order valence-electron chi connectivity index (χ3n) is 5.48. The number of aromatic nitrogens is 2. The molecule has 1 saturated heterocycles. The molecule has 1 saturated carbocycles. The fourth-order valence-electron chi connectivity index (χ4n) is 3.63. The highest BCUT2D eigenvalue weighted by Crippen LogP contribution is 2.30. The lowest BCUT2D eigenvalue weighted by atomic mass is 9.84. The van der Waals surface area contributed by atoms with Crippen LogP contribution in [0, 0.1) is 11.8 Å². The molecule has 1 aliphatic heterocycles. The highest BCUT2D eigenvalue weighted by atomic mass is 79.9. The number of hydrogen-bond acceptors (Lipinski definition) is 4. The fraction of sp³-hybridized carbons (Fsp3) is 0.474. The van der Waals surface area contributed by atoms with E-state index in [4.69, 9.17) is 0 Å². The van der Waals surface area contributed by atoms with Gasteiger partial charge in [0.1, 0.15) is 5.69 Å². The molecule has 0 unspecified atom stereocenters. The molecule has 1 aliphatic carbocycles. The zero-order valence-corrected chi connectivity index (χ0v) is 16.2. The lowest BCUT2D eigenvalue weighted by Gasteiger charge is -2.29. The van der Waals surface area contributed by atoms with Crippen molar-refractivity contribution in [2.45, 2.75) is 32.2 Å². The van der Waals surface area contributed by atoms with Crippen LogP contribution in [0.25, 0.3) is 10.9 Å². The highest BCUT2D eigenvalue weighted by molar-refractivity contribution is 9.10. The summed E-state index contributed by atoms with van der Waals surface area (Å²) in [5.41, 5.74) is 1.09. The molecule has 0 radical (unpaired) electrons. The number of pyridine rings is 2. The first kappa shape index (κ1) is 17.4. The lowest BCUT2D eigenvalue weighted by Crippen LogP contribution is -2.42. The molecule has 4 rings (SSSR count). The molecule has 6 nitrogen and oxygen atoms in total. The van der Waals surface area contributed by atoms with Crippen LogP contribution < -0.4 is 5.32 Å². The van der Waals surface area contributed by atoms with Gasteiger partial charge in [-0.3, -0.25) is 14.6 Å². The summed E-state index contributed by atoms with van der Waals surface area (Å²) in [5, 5.41) is 3.94. The number of fused-ring (bicyclic) bond motifs is 1. The second-order valence-electron chi connectivity index (χ2n) is 7.32. The van der Waals surface area contributed by atoms with Gasteiger partial charge in [-0.1, -0.05) is 13.3 Å². The Bertz CT molecular complexity index is 868. The topological polar surface area (TPSA) is 75.2 Å². The summed E-state index contributed by atoms with van der Waals surface area (Å²) in [6.45, 7) is 3.38. The van der Waals surface area contributed by atoms with Crippen LogP contribution in [0.15, 0.2) is 29.0 Å². The highest BCUT2D eigenvalue weighted by Gasteiger charge is 2.37. The first-order valence-electron chi connectivity index (χ1n) is 9.03. The Hall–Kier alpha value is -2.02. The minimum Gasteiger partial charge on any atom is -0.346 e. The van der Waals surface area contributed by atoms with Crippen LogP contribution >= 0.6 is 15.9 Å². The Morgan fingerprint density at radius 1 is 1.23 bits per heavy atom. The molecule has 0 spiro atoms. The number of hydrogen-bond donors (Lipinski definition) is 1. The van der Waals surface area contributed by atoms with E-state index in [1.54, 1.807) is 18.5 Å². The molecule has 2 aliphatic rings. The Morgan fingerprint density at radius 3 is 2.77 bits per heavy atom. The Morgan fingerprint density at radius 2 is 2.04 bits per heavy atom. The molecule has 0 aromatic carbocycles. The summed E-state index contributed by atoms with van der Waals surface area (Å²) < 4.78 is 0.760. The number of carbonyl (C=O) groups is 2. The van der Waals surface area contributed by atoms with Crippen molar-refractivity contribution in [1.82, 2.24) is 20.2 Å². The smallest absolute Gasteiger partial charge is 0.270 e. The van der Waals surface area contributed by atoms with Gasteiger partial charge in [0.15, 0.2) is 0 Å². The SMILES string of the molecule is C[C@@H]1CN(C(=O)C2CCC2)C[C@@H]1NC(=O)c1ccc2cncc(Br)c2n1. The van der Waals surface area contributed by atoms with Crippen molar-refractivity contribution in [2.75, 3.05) is 13.1 Å². The average Bonchev–Trinajstić information content (AvgIpc) is 2.94. The summed E-state index contributed by atoms with van der Waals surface area (Å²) in [7, 11) is 0. The van der Waals surface area contributed by atoms with E-state index in [1.165, 1.54) is 0 Å². The molecular formula is C19H21BrN4O2. The molecule has 0 bridgehead atoms. The van der Waals surface area contributed by atoms with Gasteiger partial charge in [-0.2, -0.15) is 0 Å². The maximum atomic E-state index is 12.7. The van der Waals surface area contributed by atoms with Gasteiger partial charge in [0, 0.05) is 36.8 Å². The molecule has 26 heavy (non-hydrogen) atoms. The number of rotatable bonds is 3. The Kier molecular flexibility index (Phi) is 4.65. The predicted octanol–water partition coefficient (Wildman–Crippen LogP) is 2.77. The third kappa shape index (κ3) is 3.20. The number of nitrogens with one attached hydrogen (secondary N) is 1. The van der Waals surface area contributed by atoms with Gasteiger partial charge in [0.2, 0.25) is 5.91 Å². The summed E-state index contributed by atoms with van der Waals surface area (Å²) in [6, 6.07) is 3.52. The third-order valence-corrected chi connectivity index (χ3v) is 6.06. The van der Waals surface area contributed by atoms with Crippen molar-refractivity contribution in [3.05, 3.63) is 34.7 Å². The Labute approximate surface area is 160 Å². The quantitative estimate of drug-likeness (QED) is 0.834. The predicted molar refractivity (Wildman–Crippen MR) is 102 cm³/mol. The zero-order valence-electron chi connectivity index (χ0n) is 14.6. The fourth-order valence-corrected chi connectivity index (χ4v) is 4.06. The molecule has 2 aromatic rings. The van der Waals surface area contributed by atoms with Gasteiger partial charge in [0.05, 0.1) is 16.0 Å². The van der Waals surface area contributed by atoms with Crippen molar-refractivity contribution in [3.63, 3.8) is 0 Å². The van der Waals surface area contributed by atoms with Crippen molar-refractivity contribution in [3.8, 4) is 0 Å². The van der Waals surface area contributed by atoms with E-state index in [2.05, 4.69) is 38.1 Å². The largest absolute Gasteiger partial charge is 0.346 e. The van der Waals surface area contributed by atoms with Crippen LogP contribution in [-0.2, 0) is 4.79 Å². The van der Waals surface area contributed by atoms with Crippen LogP contribution in [0.4, 0.5) is 0 Å². The summed E-state index contributed by atoms with van der Waals surface area (Å²) in [4.78, 5) is 35.6. The van der Waals surface area contributed by atoms with Crippen LogP contribution in [-0.4, -0.2) is 45.8 Å². The van der Waals surface area contributed by atoms with E-state index < -0.39 is 0 Å². The molecule has 1 N–H and O–H groups in total. The van der Waals surface area contributed by atoms with Crippen molar-refractivity contribution in [1.29, 1.82) is 0 Å². The van der Waals surface area contributed by atoms with Crippen molar-refractivity contribution >= 4 is 38.6 Å². The molecule has 2 amide bonds.